The number of hydrogen-bond donors (Lipinski definition) is 0. The first-order valence-electron chi connectivity index (χ1n) is 3.91. The third kappa shape index (κ3) is 4.79. The maximum Gasteiger partial charge on any atom is 0.334 e. The molecule has 11 heavy (non-hydrogen) atoms. The van der Waals surface area contributed by atoms with E-state index in [1.54, 1.807) is 6.92 Å². The van der Waals surface area contributed by atoms with Crippen molar-refractivity contribution in [3.63, 3.8) is 0 Å². The molecule has 0 amide bonds. The molecule has 66 valence electrons. The minimum absolute atomic E-state index is 0.305. The summed E-state index contributed by atoms with van der Waals surface area (Å²) >= 11 is 0. The molecular weight excluding hydrogens is 144 g/mol. The van der Waals surface area contributed by atoms with Gasteiger partial charge in [-0.2, -0.15) is 0 Å². The molecule has 0 aliphatic rings. The van der Waals surface area contributed by atoms with Crippen molar-refractivity contribution in [1.82, 2.24) is 0 Å². The first kappa shape index (κ1) is 10.4. The van der Waals surface area contributed by atoms with Crippen LogP contribution in [0, 0.1) is 0 Å². The number of rotatable bonds is 5. The summed E-state index contributed by atoms with van der Waals surface area (Å²) in [6.07, 6.45) is 1.64. The fourth-order valence-electron chi connectivity index (χ4n) is 0.638. The van der Waals surface area contributed by atoms with E-state index in [4.69, 9.17) is 4.74 Å². The molecule has 0 aliphatic heterocycles. The van der Waals surface area contributed by atoms with Gasteiger partial charge in [-0.25, -0.2) is 4.79 Å². The van der Waals surface area contributed by atoms with Gasteiger partial charge in [0.2, 0.25) is 0 Å². The van der Waals surface area contributed by atoms with E-state index in [9.17, 15) is 4.79 Å². The van der Waals surface area contributed by atoms with Crippen LogP contribution in [0.5, 0.6) is 0 Å². The lowest BCUT2D eigenvalue weighted by atomic mass is 10.3. The number of carbonyl (C=O) groups is 1. The van der Waals surface area contributed by atoms with E-state index in [1.807, 2.05) is 0 Å². The lowest BCUT2D eigenvalue weighted by molar-refractivity contribution is -0.152. The van der Waals surface area contributed by atoms with Crippen LogP contribution in [0.2, 0.25) is 0 Å². The number of ether oxygens (including phenoxy) is 2. The normalized spacial score (nSPS) is 12.6. The van der Waals surface area contributed by atoms with E-state index in [0.29, 0.717) is 6.61 Å². The van der Waals surface area contributed by atoms with Crippen molar-refractivity contribution < 1.29 is 14.3 Å². The third-order valence-corrected chi connectivity index (χ3v) is 1.40. The topological polar surface area (TPSA) is 35.5 Å². The summed E-state index contributed by atoms with van der Waals surface area (Å²) in [5.74, 6) is -0.305. The maximum absolute atomic E-state index is 10.8. The van der Waals surface area contributed by atoms with Gasteiger partial charge in [0.25, 0.3) is 0 Å². The molecule has 1 atom stereocenters. The van der Waals surface area contributed by atoms with E-state index in [0.717, 1.165) is 12.8 Å². The Hall–Kier alpha value is -0.570. The number of carbonyl (C=O) groups excluding carboxylic acids is 1. The molecule has 0 aliphatic carbocycles. The number of methoxy groups -OCH3 is 1. The van der Waals surface area contributed by atoms with Gasteiger partial charge in [-0.15, -0.1) is 0 Å². The summed E-state index contributed by atoms with van der Waals surface area (Å²) in [6.45, 7) is 4.40. The second-order valence-corrected chi connectivity index (χ2v) is 2.39. The summed E-state index contributed by atoms with van der Waals surface area (Å²) in [5.41, 5.74) is 0. The van der Waals surface area contributed by atoms with Gasteiger partial charge in [-0.05, 0) is 13.3 Å². The number of unbranched alkanes of at least 4 members (excludes halogenated alkanes) is 1. The summed E-state index contributed by atoms with van der Waals surface area (Å²) < 4.78 is 9.64. The van der Waals surface area contributed by atoms with Crippen molar-refractivity contribution in [3.05, 3.63) is 0 Å². The van der Waals surface area contributed by atoms with Gasteiger partial charge in [-0.3, -0.25) is 0 Å². The van der Waals surface area contributed by atoms with Gasteiger partial charge in [0.1, 0.15) is 0 Å². The highest BCUT2D eigenvalue weighted by Gasteiger charge is 2.11. The van der Waals surface area contributed by atoms with Crippen LogP contribution in [0.4, 0.5) is 0 Å². The minimum atomic E-state index is -0.424. The van der Waals surface area contributed by atoms with E-state index in [1.165, 1.54) is 7.11 Å². The average Bonchev–Trinajstić information content (AvgIpc) is 2.03. The molecule has 0 N–H and O–H groups in total. The Labute approximate surface area is 67.7 Å². The van der Waals surface area contributed by atoms with Crippen molar-refractivity contribution in [2.45, 2.75) is 32.8 Å². The zero-order valence-corrected chi connectivity index (χ0v) is 7.42. The Balaban J connectivity index is 3.36. The van der Waals surface area contributed by atoms with Gasteiger partial charge in [0.15, 0.2) is 6.10 Å². The molecule has 0 aromatic heterocycles. The lowest BCUT2D eigenvalue weighted by Crippen LogP contribution is -2.22. The summed E-state index contributed by atoms with van der Waals surface area (Å²) in [6, 6.07) is 0. The van der Waals surface area contributed by atoms with Crippen LogP contribution < -0.4 is 0 Å². The predicted molar refractivity (Wildman–Crippen MR) is 42.3 cm³/mol. The molecule has 0 saturated heterocycles. The first-order valence-corrected chi connectivity index (χ1v) is 3.91. The van der Waals surface area contributed by atoms with Crippen molar-refractivity contribution >= 4 is 5.97 Å². The average molecular weight is 160 g/mol. The molecule has 0 aromatic carbocycles. The van der Waals surface area contributed by atoms with Gasteiger partial charge in [0, 0.05) is 6.61 Å². The molecule has 0 saturated carbocycles. The second kappa shape index (κ2) is 6.16. The van der Waals surface area contributed by atoms with Gasteiger partial charge >= 0.3 is 5.97 Å². The van der Waals surface area contributed by atoms with Crippen LogP contribution in [-0.4, -0.2) is 25.8 Å². The van der Waals surface area contributed by atoms with Gasteiger partial charge in [0.05, 0.1) is 7.11 Å². The SMILES string of the molecule is CCCCO[C@H](C)C(=O)OC. The maximum atomic E-state index is 10.8. The molecule has 0 rings (SSSR count). The molecule has 3 nitrogen and oxygen atoms in total. The Bertz CT molecular complexity index is 112. The summed E-state index contributed by atoms with van der Waals surface area (Å²) in [4.78, 5) is 10.8. The van der Waals surface area contributed by atoms with Gasteiger partial charge in [-0.1, -0.05) is 13.3 Å². The van der Waals surface area contributed by atoms with Gasteiger partial charge < -0.3 is 9.47 Å². The monoisotopic (exact) mass is 160 g/mol. The molecule has 0 radical (unpaired) electrons. The fraction of sp³-hybridized carbons (Fsp3) is 0.875. The fourth-order valence-corrected chi connectivity index (χ4v) is 0.638. The Morgan fingerprint density at radius 1 is 1.55 bits per heavy atom. The molecular formula is C8H16O3. The summed E-state index contributed by atoms with van der Waals surface area (Å²) in [5, 5.41) is 0. The molecule has 0 heterocycles. The Morgan fingerprint density at radius 2 is 2.18 bits per heavy atom. The molecule has 0 unspecified atom stereocenters. The van der Waals surface area contributed by atoms with Crippen LogP contribution in [0.3, 0.4) is 0 Å². The molecule has 0 fully saturated rings. The molecule has 0 spiro atoms. The second-order valence-electron chi connectivity index (χ2n) is 2.39. The number of esters is 1. The standard InChI is InChI=1S/C8H16O3/c1-4-5-6-11-7(2)8(9)10-3/h7H,4-6H2,1-3H3/t7-/m1/s1. The van der Waals surface area contributed by atoms with E-state index in [2.05, 4.69) is 11.7 Å². The lowest BCUT2D eigenvalue weighted by Gasteiger charge is -2.09. The van der Waals surface area contributed by atoms with E-state index < -0.39 is 6.10 Å². The van der Waals surface area contributed by atoms with Crippen molar-refractivity contribution in [3.8, 4) is 0 Å². The van der Waals surface area contributed by atoms with E-state index >= 15 is 0 Å². The first-order chi connectivity index (χ1) is 5.22. The Kier molecular flexibility index (Phi) is 5.84. The van der Waals surface area contributed by atoms with Crippen LogP contribution in [0.15, 0.2) is 0 Å². The predicted octanol–water partition coefficient (Wildman–Crippen LogP) is 1.36. The minimum Gasteiger partial charge on any atom is -0.467 e. The zero-order chi connectivity index (χ0) is 8.69. The van der Waals surface area contributed by atoms with Crippen LogP contribution in [0.25, 0.3) is 0 Å². The largest absolute Gasteiger partial charge is 0.467 e. The van der Waals surface area contributed by atoms with Crippen molar-refractivity contribution in [2.24, 2.45) is 0 Å². The smallest absolute Gasteiger partial charge is 0.334 e. The summed E-state index contributed by atoms with van der Waals surface area (Å²) in [7, 11) is 1.36. The zero-order valence-electron chi connectivity index (χ0n) is 7.42. The number of hydrogen-bond acceptors (Lipinski definition) is 3. The molecule has 0 aromatic rings. The quantitative estimate of drug-likeness (QED) is 0.450. The molecule has 0 bridgehead atoms. The highest BCUT2D eigenvalue weighted by atomic mass is 16.6. The van der Waals surface area contributed by atoms with Crippen LogP contribution in [0.1, 0.15) is 26.7 Å². The van der Waals surface area contributed by atoms with E-state index in [-0.39, 0.29) is 5.97 Å². The third-order valence-electron chi connectivity index (χ3n) is 1.40. The highest BCUT2D eigenvalue weighted by Crippen LogP contribution is 1.96. The molecule has 3 heteroatoms. The van der Waals surface area contributed by atoms with Crippen molar-refractivity contribution in [1.29, 1.82) is 0 Å². The van der Waals surface area contributed by atoms with Crippen LogP contribution >= 0.6 is 0 Å². The van der Waals surface area contributed by atoms with Crippen molar-refractivity contribution in [2.75, 3.05) is 13.7 Å². The van der Waals surface area contributed by atoms with Crippen LogP contribution in [-0.2, 0) is 14.3 Å². The highest BCUT2D eigenvalue weighted by molar-refractivity contribution is 5.73. The Morgan fingerprint density at radius 3 is 2.64 bits per heavy atom.